The van der Waals surface area contributed by atoms with Crippen molar-refractivity contribution >= 4 is 9.84 Å². The Labute approximate surface area is 95.0 Å². The summed E-state index contributed by atoms with van der Waals surface area (Å²) in [4.78, 5) is 8.47. The molecule has 6 heteroatoms. The van der Waals surface area contributed by atoms with Crippen LogP contribution in [0.25, 0.3) is 0 Å². The van der Waals surface area contributed by atoms with Gasteiger partial charge in [-0.15, -0.1) is 0 Å². The highest BCUT2D eigenvalue weighted by molar-refractivity contribution is 7.90. The van der Waals surface area contributed by atoms with Gasteiger partial charge in [0.05, 0.1) is 17.2 Å². The van der Waals surface area contributed by atoms with Crippen molar-refractivity contribution in [3.05, 3.63) is 23.3 Å². The topological polar surface area (TPSA) is 85.9 Å². The average molecular weight is 241 g/mol. The highest BCUT2D eigenvalue weighted by atomic mass is 32.2. The highest BCUT2D eigenvalue weighted by Crippen LogP contribution is 2.18. The lowest BCUT2D eigenvalue weighted by Crippen LogP contribution is -2.23. The molecule has 0 amide bonds. The first kappa shape index (κ1) is 11.5. The van der Waals surface area contributed by atoms with Gasteiger partial charge in [0.1, 0.15) is 5.82 Å². The standard InChI is InChI=1S/C10H15N3O2S/c1-7(11)4-10-12-5-8-2-3-16(14,15)6-9(8)13-10/h5,7H,2-4,6,11H2,1H3. The third kappa shape index (κ3) is 2.56. The number of fused-ring (bicyclic) bond motifs is 1. The molecule has 0 saturated heterocycles. The van der Waals surface area contributed by atoms with Gasteiger partial charge in [-0.05, 0) is 18.9 Å². The van der Waals surface area contributed by atoms with Gasteiger partial charge in [-0.1, -0.05) is 0 Å². The quantitative estimate of drug-likeness (QED) is 0.777. The van der Waals surface area contributed by atoms with E-state index >= 15 is 0 Å². The SMILES string of the molecule is CC(N)Cc1ncc2c(n1)CS(=O)(=O)CC2. The summed E-state index contributed by atoms with van der Waals surface area (Å²) in [5.74, 6) is 0.873. The molecule has 0 fully saturated rings. The van der Waals surface area contributed by atoms with Gasteiger partial charge in [0, 0.05) is 18.7 Å². The average Bonchev–Trinajstić information content (AvgIpc) is 2.14. The van der Waals surface area contributed by atoms with Crippen molar-refractivity contribution in [2.24, 2.45) is 5.73 Å². The second kappa shape index (κ2) is 4.10. The molecule has 1 aliphatic heterocycles. The van der Waals surface area contributed by atoms with Crippen molar-refractivity contribution in [1.82, 2.24) is 9.97 Å². The Morgan fingerprint density at radius 2 is 2.31 bits per heavy atom. The number of aryl methyl sites for hydroxylation is 1. The lowest BCUT2D eigenvalue weighted by Gasteiger charge is -2.15. The van der Waals surface area contributed by atoms with E-state index in [1.165, 1.54) is 0 Å². The van der Waals surface area contributed by atoms with Crippen LogP contribution in [0.1, 0.15) is 24.0 Å². The van der Waals surface area contributed by atoms with Crippen LogP contribution >= 0.6 is 0 Å². The Bertz CT molecular complexity index is 497. The van der Waals surface area contributed by atoms with Crippen LogP contribution in [0.5, 0.6) is 0 Å². The van der Waals surface area contributed by atoms with Crippen LogP contribution in [0.4, 0.5) is 0 Å². The summed E-state index contributed by atoms with van der Waals surface area (Å²) < 4.78 is 22.9. The molecule has 0 radical (unpaired) electrons. The summed E-state index contributed by atoms with van der Waals surface area (Å²) in [7, 11) is -2.96. The summed E-state index contributed by atoms with van der Waals surface area (Å²) in [6.45, 7) is 1.87. The molecule has 2 heterocycles. The largest absolute Gasteiger partial charge is 0.328 e. The third-order valence-corrected chi connectivity index (χ3v) is 4.09. The molecule has 1 aliphatic rings. The van der Waals surface area contributed by atoms with Crippen LogP contribution in [0.15, 0.2) is 6.20 Å². The van der Waals surface area contributed by atoms with Crippen LogP contribution in [-0.2, 0) is 28.4 Å². The van der Waals surface area contributed by atoms with E-state index in [1.807, 2.05) is 6.92 Å². The first-order valence-electron chi connectivity index (χ1n) is 5.26. The molecule has 16 heavy (non-hydrogen) atoms. The summed E-state index contributed by atoms with van der Waals surface area (Å²) in [5.41, 5.74) is 7.25. The van der Waals surface area contributed by atoms with Crippen LogP contribution in [-0.4, -0.2) is 30.2 Å². The van der Waals surface area contributed by atoms with Crippen molar-refractivity contribution in [3.8, 4) is 0 Å². The number of hydrogen-bond acceptors (Lipinski definition) is 5. The van der Waals surface area contributed by atoms with Gasteiger partial charge in [-0.25, -0.2) is 18.4 Å². The molecular weight excluding hydrogens is 226 g/mol. The first-order chi connectivity index (χ1) is 7.46. The maximum Gasteiger partial charge on any atom is 0.156 e. The fourth-order valence-electron chi connectivity index (χ4n) is 1.75. The summed E-state index contributed by atoms with van der Waals surface area (Å²) >= 11 is 0. The van der Waals surface area contributed by atoms with Crippen LogP contribution in [0, 0.1) is 0 Å². The van der Waals surface area contributed by atoms with E-state index in [2.05, 4.69) is 9.97 Å². The van der Waals surface area contributed by atoms with Crippen LogP contribution < -0.4 is 5.73 Å². The second-order valence-electron chi connectivity index (χ2n) is 4.28. The van der Waals surface area contributed by atoms with Crippen LogP contribution in [0.3, 0.4) is 0 Å². The van der Waals surface area contributed by atoms with Gasteiger partial charge in [-0.2, -0.15) is 0 Å². The van der Waals surface area contributed by atoms with Gasteiger partial charge in [0.15, 0.2) is 9.84 Å². The number of sulfone groups is 1. The molecule has 0 aromatic carbocycles. The van der Waals surface area contributed by atoms with Crippen LogP contribution in [0.2, 0.25) is 0 Å². The molecule has 0 saturated carbocycles. The molecule has 0 aliphatic carbocycles. The molecule has 2 rings (SSSR count). The van der Waals surface area contributed by atoms with E-state index < -0.39 is 9.84 Å². The zero-order valence-electron chi connectivity index (χ0n) is 9.18. The lowest BCUT2D eigenvalue weighted by molar-refractivity contribution is 0.589. The van der Waals surface area contributed by atoms with E-state index in [9.17, 15) is 8.42 Å². The molecule has 5 nitrogen and oxygen atoms in total. The van der Waals surface area contributed by atoms with E-state index in [1.54, 1.807) is 6.20 Å². The maximum absolute atomic E-state index is 11.5. The van der Waals surface area contributed by atoms with Gasteiger partial charge in [0.2, 0.25) is 0 Å². The molecular formula is C10H15N3O2S. The van der Waals surface area contributed by atoms with E-state index in [0.29, 0.717) is 24.4 Å². The normalized spacial score (nSPS) is 20.1. The summed E-state index contributed by atoms with van der Waals surface area (Å²) in [6, 6.07) is -0.0155. The minimum absolute atomic E-state index is 0.0155. The van der Waals surface area contributed by atoms with Crippen molar-refractivity contribution < 1.29 is 8.42 Å². The Kier molecular flexibility index (Phi) is 2.94. The van der Waals surface area contributed by atoms with E-state index in [0.717, 1.165) is 5.56 Å². The number of nitrogens with two attached hydrogens (primary N) is 1. The van der Waals surface area contributed by atoms with Crippen molar-refractivity contribution in [2.75, 3.05) is 5.75 Å². The summed E-state index contributed by atoms with van der Waals surface area (Å²) in [5, 5.41) is 0. The maximum atomic E-state index is 11.5. The Balaban J connectivity index is 2.31. The number of nitrogens with zero attached hydrogens (tertiary/aromatic N) is 2. The smallest absolute Gasteiger partial charge is 0.156 e. The van der Waals surface area contributed by atoms with Crippen molar-refractivity contribution in [1.29, 1.82) is 0 Å². The highest BCUT2D eigenvalue weighted by Gasteiger charge is 2.23. The zero-order valence-corrected chi connectivity index (χ0v) is 10.00. The predicted molar refractivity (Wildman–Crippen MR) is 60.6 cm³/mol. The fraction of sp³-hybridized carbons (Fsp3) is 0.600. The number of hydrogen-bond donors (Lipinski definition) is 1. The Morgan fingerprint density at radius 3 is 3.00 bits per heavy atom. The molecule has 0 spiro atoms. The lowest BCUT2D eigenvalue weighted by atomic mass is 10.1. The second-order valence-corrected chi connectivity index (χ2v) is 6.47. The van der Waals surface area contributed by atoms with E-state index in [4.69, 9.17) is 5.73 Å². The number of aromatic nitrogens is 2. The molecule has 1 atom stereocenters. The van der Waals surface area contributed by atoms with Crippen molar-refractivity contribution in [3.63, 3.8) is 0 Å². The third-order valence-electron chi connectivity index (χ3n) is 2.55. The molecule has 0 bridgehead atoms. The molecule has 2 N–H and O–H groups in total. The first-order valence-corrected chi connectivity index (χ1v) is 7.08. The monoisotopic (exact) mass is 241 g/mol. The predicted octanol–water partition coefficient (Wildman–Crippen LogP) is -0.163. The molecule has 88 valence electrons. The fourth-order valence-corrected chi connectivity index (χ4v) is 3.09. The van der Waals surface area contributed by atoms with Gasteiger partial charge >= 0.3 is 0 Å². The minimum atomic E-state index is -2.96. The summed E-state index contributed by atoms with van der Waals surface area (Å²) in [6.07, 6.45) is 2.83. The Morgan fingerprint density at radius 1 is 1.56 bits per heavy atom. The van der Waals surface area contributed by atoms with Gasteiger partial charge in [-0.3, -0.25) is 0 Å². The molecule has 1 aromatic heterocycles. The number of rotatable bonds is 2. The van der Waals surface area contributed by atoms with Gasteiger partial charge in [0.25, 0.3) is 0 Å². The van der Waals surface area contributed by atoms with Crippen molar-refractivity contribution in [2.45, 2.75) is 31.6 Å². The molecule has 1 unspecified atom stereocenters. The Hall–Kier alpha value is -1.01. The minimum Gasteiger partial charge on any atom is -0.328 e. The zero-order chi connectivity index (χ0) is 11.8. The van der Waals surface area contributed by atoms with E-state index in [-0.39, 0.29) is 17.5 Å². The molecule has 1 aromatic rings. The van der Waals surface area contributed by atoms with Gasteiger partial charge < -0.3 is 5.73 Å².